The molecule has 3 aromatic carbocycles. The number of carbonyl (C=O) groups excluding carboxylic acids is 1. The third-order valence-corrected chi connectivity index (χ3v) is 13.7. The molecule has 5 heteroatoms. The van der Waals surface area contributed by atoms with Crippen LogP contribution in [0.1, 0.15) is 39.2 Å². The summed E-state index contributed by atoms with van der Waals surface area (Å²) in [5, 5.41) is 14.2. The van der Waals surface area contributed by atoms with E-state index in [0.29, 0.717) is 32.7 Å². The number of benzene rings is 3. The van der Waals surface area contributed by atoms with E-state index in [1.54, 1.807) is 6.08 Å². The summed E-state index contributed by atoms with van der Waals surface area (Å²) in [6, 6.07) is 30.9. The van der Waals surface area contributed by atoms with Crippen molar-refractivity contribution in [3.05, 3.63) is 109 Å². The van der Waals surface area contributed by atoms with Crippen molar-refractivity contribution in [1.82, 2.24) is 0 Å². The molecule has 0 bridgehead atoms. The van der Waals surface area contributed by atoms with Crippen LogP contribution in [0.3, 0.4) is 0 Å². The van der Waals surface area contributed by atoms with Gasteiger partial charge in [-0.25, -0.2) is 0 Å². The maximum Gasteiger partial charge on any atom is 0.261 e. The highest BCUT2D eigenvalue weighted by molar-refractivity contribution is 6.99. The van der Waals surface area contributed by atoms with E-state index < -0.39 is 19.8 Å². The summed E-state index contributed by atoms with van der Waals surface area (Å²) < 4.78 is 12.7. The van der Waals surface area contributed by atoms with Crippen molar-refractivity contribution in [3.63, 3.8) is 0 Å². The van der Waals surface area contributed by atoms with Gasteiger partial charge < -0.3 is 14.3 Å². The molecule has 1 saturated carbocycles. The Morgan fingerprint density at radius 1 is 0.949 bits per heavy atom. The maximum absolute atomic E-state index is 13.6. The largest absolute Gasteiger partial charge is 0.407 e. The highest BCUT2D eigenvalue weighted by Crippen LogP contribution is 2.53. The molecule has 39 heavy (non-hydrogen) atoms. The third kappa shape index (κ3) is 5.21. The Bertz CT molecular complexity index is 1230. The van der Waals surface area contributed by atoms with E-state index in [0.717, 1.165) is 5.56 Å². The number of fused-ring (bicyclic) bond motifs is 1. The minimum Gasteiger partial charge on any atom is -0.407 e. The predicted octanol–water partition coefficient (Wildman–Crippen LogP) is 5.25. The van der Waals surface area contributed by atoms with Gasteiger partial charge in [-0.05, 0) is 45.8 Å². The van der Waals surface area contributed by atoms with Gasteiger partial charge in [0.05, 0.1) is 12.5 Å². The SMILES string of the molecule is CC(C)(C)[Si](OCC/C=C/C(=O)[C@@H]1[C@H]2COC[C@H]2C[C@@]1(O)c1ccccc1)(c1ccccc1)c1ccccc1. The van der Waals surface area contributed by atoms with Gasteiger partial charge in [-0.15, -0.1) is 0 Å². The van der Waals surface area contributed by atoms with E-state index in [1.165, 1.54) is 10.4 Å². The van der Waals surface area contributed by atoms with Crippen LogP contribution in [0, 0.1) is 17.8 Å². The minimum absolute atomic E-state index is 0.0233. The van der Waals surface area contributed by atoms with E-state index in [4.69, 9.17) is 9.16 Å². The van der Waals surface area contributed by atoms with Gasteiger partial charge in [0, 0.05) is 19.1 Å². The topological polar surface area (TPSA) is 55.8 Å². The number of aliphatic hydroxyl groups is 1. The molecule has 0 aromatic heterocycles. The summed E-state index contributed by atoms with van der Waals surface area (Å²) in [5.41, 5.74) is -0.339. The summed E-state index contributed by atoms with van der Waals surface area (Å²) in [6.07, 6.45) is 4.78. The Hall–Kier alpha value is -2.83. The number of ketones is 1. The van der Waals surface area contributed by atoms with Gasteiger partial charge in [0.15, 0.2) is 5.78 Å². The average molecular weight is 541 g/mol. The van der Waals surface area contributed by atoms with Crippen LogP contribution in [-0.4, -0.2) is 39.0 Å². The molecule has 4 atom stereocenters. The Kier molecular flexibility index (Phi) is 8.06. The molecule has 204 valence electrons. The first kappa shape index (κ1) is 27.7. The van der Waals surface area contributed by atoms with Crippen LogP contribution in [0.15, 0.2) is 103 Å². The third-order valence-electron chi connectivity index (χ3n) is 8.65. The van der Waals surface area contributed by atoms with Gasteiger partial charge in [-0.1, -0.05) is 118 Å². The van der Waals surface area contributed by atoms with Gasteiger partial charge in [-0.2, -0.15) is 0 Å². The molecule has 2 aliphatic rings. The first-order chi connectivity index (χ1) is 18.8. The fourth-order valence-corrected chi connectivity index (χ4v) is 11.5. The van der Waals surface area contributed by atoms with Crippen molar-refractivity contribution in [3.8, 4) is 0 Å². The Morgan fingerprint density at radius 2 is 1.51 bits per heavy atom. The first-order valence-electron chi connectivity index (χ1n) is 14.1. The van der Waals surface area contributed by atoms with Crippen LogP contribution in [0.25, 0.3) is 0 Å². The van der Waals surface area contributed by atoms with Crippen LogP contribution >= 0.6 is 0 Å². The lowest BCUT2D eigenvalue weighted by Gasteiger charge is -2.43. The fraction of sp³-hybridized carbons (Fsp3) is 0.382. The standard InChI is InChI=1S/C34H40O4Si/c1-33(2,3)39(28-17-9-5-10-18-28,29-19-11-6-12-20-29)38-22-14-13-21-31(35)32-30-25-37-24-26(30)23-34(32,36)27-15-7-4-8-16-27/h4-13,15-21,26,30,32,36H,14,22-25H2,1-3H3/b21-13+/t26-,30+,32+,34-/m1/s1. The van der Waals surface area contributed by atoms with Crippen LogP contribution < -0.4 is 10.4 Å². The molecule has 0 amide bonds. The number of carbonyl (C=O) groups is 1. The highest BCUT2D eigenvalue weighted by Gasteiger charge is 2.57. The zero-order valence-electron chi connectivity index (χ0n) is 23.3. The molecular weight excluding hydrogens is 500 g/mol. The molecular formula is C34H40O4Si. The van der Waals surface area contributed by atoms with Crippen molar-refractivity contribution in [2.24, 2.45) is 17.8 Å². The van der Waals surface area contributed by atoms with Gasteiger partial charge in [0.2, 0.25) is 0 Å². The number of hydrogen-bond acceptors (Lipinski definition) is 4. The zero-order valence-corrected chi connectivity index (χ0v) is 24.3. The molecule has 1 heterocycles. The minimum atomic E-state index is -2.61. The quantitative estimate of drug-likeness (QED) is 0.229. The van der Waals surface area contributed by atoms with Gasteiger partial charge in [0.1, 0.15) is 5.60 Å². The highest BCUT2D eigenvalue weighted by atomic mass is 28.4. The van der Waals surface area contributed by atoms with Crippen molar-refractivity contribution < 1.29 is 19.1 Å². The summed E-state index contributed by atoms with van der Waals surface area (Å²) in [6.45, 7) is 8.45. The zero-order chi connectivity index (χ0) is 27.5. The van der Waals surface area contributed by atoms with Crippen molar-refractivity contribution in [2.75, 3.05) is 19.8 Å². The Morgan fingerprint density at radius 3 is 2.08 bits per heavy atom. The fourth-order valence-electron chi connectivity index (χ4n) is 6.89. The second kappa shape index (κ2) is 11.3. The average Bonchev–Trinajstić information content (AvgIpc) is 3.50. The van der Waals surface area contributed by atoms with Crippen molar-refractivity contribution in [1.29, 1.82) is 0 Å². The lowest BCUT2D eigenvalue weighted by atomic mass is 9.78. The lowest BCUT2D eigenvalue weighted by Crippen LogP contribution is -2.66. The molecule has 4 nitrogen and oxygen atoms in total. The van der Waals surface area contributed by atoms with Crippen molar-refractivity contribution >= 4 is 24.5 Å². The Balaban J connectivity index is 1.34. The van der Waals surface area contributed by atoms with E-state index in [2.05, 4.69) is 69.3 Å². The number of allylic oxidation sites excluding steroid dienone is 1. The molecule has 5 rings (SSSR count). The molecule has 0 radical (unpaired) electrons. The van der Waals surface area contributed by atoms with Gasteiger partial charge in [-0.3, -0.25) is 4.79 Å². The predicted molar refractivity (Wildman–Crippen MR) is 159 cm³/mol. The van der Waals surface area contributed by atoms with E-state index in [9.17, 15) is 9.90 Å². The van der Waals surface area contributed by atoms with Crippen LogP contribution in [0.2, 0.25) is 5.04 Å². The molecule has 3 aromatic rings. The summed E-state index contributed by atoms with van der Waals surface area (Å²) in [7, 11) is -2.61. The summed E-state index contributed by atoms with van der Waals surface area (Å²) >= 11 is 0. The number of rotatable bonds is 9. The molecule has 0 unspecified atom stereocenters. The summed E-state index contributed by atoms with van der Waals surface area (Å²) in [5.74, 6) is -0.275. The molecule has 1 aliphatic heterocycles. The van der Waals surface area contributed by atoms with E-state index >= 15 is 0 Å². The van der Waals surface area contributed by atoms with Crippen LogP contribution in [0.4, 0.5) is 0 Å². The molecule has 1 saturated heterocycles. The van der Waals surface area contributed by atoms with Crippen LogP contribution in [0.5, 0.6) is 0 Å². The monoisotopic (exact) mass is 540 g/mol. The maximum atomic E-state index is 13.6. The van der Waals surface area contributed by atoms with Gasteiger partial charge >= 0.3 is 0 Å². The lowest BCUT2D eigenvalue weighted by molar-refractivity contribution is -0.129. The number of ether oxygens (including phenoxy) is 1. The van der Waals surface area contributed by atoms with E-state index in [-0.39, 0.29) is 22.7 Å². The molecule has 1 N–H and O–H groups in total. The van der Waals surface area contributed by atoms with Gasteiger partial charge in [0.25, 0.3) is 8.32 Å². The second-order valence-electron chi connectivity index (χ2n) is 12.0. The normalized spacial score (nSPS) is 25.2. The van der Waals surface area contributed by atoms with Crippen LogP contribution in [-0.2, 0) is 19.6 Å². The first-order valence-corrected chi connectivity index (χ1v) is 16.0. The number of hydrogen-bond donors (Lipinski definition) is 1. The second-order valence-corrected chi connectivity index (χ2v) is 16.3. The van der Waals surface area contributed by atoms with E-state index in [1.807, 2.05) is 48.5 Å². The molecule has 0 spiro atoms. The molecule has 1 aliphatic carbocycles. The summed E-state index contributed by atoms with van der Waals surface area (Å²) in [4.78, 5) is 13.6. The Labute approximate surface area is 233 Å². The smallest absolute Gasteiger partial charge is 0.261 e. The van der Waals surface area contributed by atoms with Crippen molar-refractivity contribution in [2.45, 2.75) is 44.3 Å². The molecule has 2 fully saturated rings.